The number of nitrogens with zero attached hydrogens (tertiary/aromatic N) is 1. The van der Waals surface area contributed by atoms with Crippen LogP contribution in [-0.2, 0) is 0 Å². The van der Waals surface area contributed by atoms with E-state index in [0.717, 1.165) is 10.6 Å². The topological polar surface area (TPSA) is 48.1 Å². The van der Waals surface area contributed by atoms with Gasteiger partial charge in [0.05, 0.1) is 11.3 Å². The molecule has 0 amide bonds. The summed E-state index contributed by atoms with van der Waals surface area (Å²) in [6, 6.07) is 5.73. The number of para-hydroxylation sites is 1. The van der Waals surface area contributed by atoms with Crippen LogP contribution in [0, 0.1) is 6.92 Å². The molecule has 0 saturated heterocycles. The van der Waals surface area contributed by atoms with Crippen molar-refractivity contribution in [2.75, 3.05) is 0 Å². The fourth-order valence-electron chi connectivity index (χ4n) is 1.80. The summed E-state index contributed by atoms with van der Waals surface area (Å²) >= 11 is 1.28. The average molecular weight is 302 g/mol. The van der Waals surface area contributed by atoms with Crippen molar-refractivity contribution in [2.24, 2.45) is 5.73 Å². The minimum Gasteiger partial charge on any atom is -0.405 e. The smallest absolute Gasteiger partial charge is 0.405 e. The molecule has 0 aliphatic heterocycles. The van der Waals surface area contributed by atoms with E-state index in [1.165, 1.54) is 23.5 Å². The summed E-state index contributed by atoms with van der Waals surface area (Å²) in [6.07, 6.45) is -4.73. The van der Waals surface area contributed by atoms with Crippen molar-refractivity contribution < 1.29 is 17.9 Å². The minimum atomic E-state index is -4.73. The first-order valence-corrected chi connectivity index (χ1v) is 6.67. The maximum atomic E-state index is 12.4. The van der Waals surface area contributed by atoms with E-state index in [2.05, 4.69) is 9.72 Å². The summed E-state index contributed by atoms with van der Waals surface area (Å²) < 4.78 is 41.2. The first-order chi connectivity index (χ1) is 9.28. The number of rotatable bonds is 3. The zero-order chi connectivity index (χ0) is 14.9. The molecule has 0 bridgehead atoms. The Morgan fingerprint density at radius 2 is 1.95 bits per heavy atom. The molecule has 108 valence electrons. The van der Waals surface area contributed by atoms with Crippen LogP contribution in [0.2, 0.25) is 0 Å². The van der Waals surface area contributed by atoms with Crippen molar-refractivity contribution in [1.29, 1.82) is 0 Å². The van der Waals surface area contributed by atoms with Crippen molar-refractivity contribution in [3.05, 3.63) is 34.8 Å². The molecule has 3 nitrogen and oxygen atoms in total. The molecule has 1 atom stereocenters. The van der Waals surface area contributed by atoms with Gasteiger partial charge in [0.25, 0.3) is 0 Å². The third-order valence-electron chi connectivity index (χ3n) is 2.59. The fraction of sp³-hybridized carbons (Fsp3) is 0.308. The van der Waals surface area contributed by atoms with Crippen LogP contribution in [0.15, 0.2) is 24.3 Å². The van der Waals surface area contributed by atoms with Gasteiger partial charge < -0.3 is 10.5 Å². The number of benzene rings is 1. The van der Waals surface area contributed by atoms with Crippen LogP contribution < -0.4 is 10.5 Å². The molecule has 20 heavy (non-hydrogen) atoms. The molecule has 1 aromatic carbocycles. The number of nitrogens with two attached hydrogens (primary N) is 1. The van der Waals surface area contributed by atoms with Gasteiger partial charge in [0.15, 0.2) is 0 Å². The fourth-order valence-corrected chi connectivity index (χ4v) is 2.85. The number of aromatic nitrogens is 1. The van der Waals surface area contributed by atoms with Crippen LogP contribution in [-0.4, -0.2) is 11.3 Å². The van der Waals surface area contributed by atoms with Crippen molar-refractivity contribution in [2.45, 2.75) is 26.3 Å². The highest BCUT2D eigenvalue weighted by atomic mass is 32.1. The molecule has 2 rings (SSSR count). The summed E-state index contributed by atoms with van der Waals surface area (Å²) in [5.41, 5.74) is 6.84. The van der Waals surface area contributed by atoms with Crippen molar-refractivity contribution >= 4 is 11.3 Å². The predicted octanol–water partition coefficient (Wildman–Crippen LogP) is 4.04. The Kier molecular flexibility index (Phi) is 4.01. The van der Waals surface area contributed by atoms with Gasteiger partial charge in [-0.1, -0.05) is 12.1 Å². The van der Waals surface area contributed by atoms with E-state index in [4.69, 9.17) is 5.73 Å². The SMILES string of the molecule is Cc1nc(-c2ccccc2OC(F)(F)F)sc1C(C)N. The second-order valence-corrected chi connectivity index (χ2v) is 5.33. The van der Waals surface area contributed by atoms with Crippen molar-refractivity contribution in [3.8, 4) is 16.3 Å². The largest absolute Gasteiger partial charge is 0.573 e. The van der Waals surface area contributed by atoms with E-state index in [9.17, 15) is 13.2 Å². The molecular formula is C13H13F3N2OS. The highest BCUT2D eigenvalue weighted by Crippen LogP contribution is 2.37. The molecular weight excluding hydrogens is 289 g/mol. The molecule has 1 unspecified atom stereocenters. The number of ether oxygens (including phenoxy) is 1. The van der Waals surface area contributed by atoms with Crippen LogP contribution in [0.25, 0.3) is 10.6 Å². The average Bonchev–Trinajstić information content (AvgIpc) is 2.70. The van der Waals surface area contributed by atoms with Gasteiger partial charge in [-0.25, -0.2) is 4.98 Å². The number of halogens is 3. The van der Waals surface area contributed by atoms with E-state index in [-0.39, 0.29) is 11.8 Å². The monoisotopic (exact) mass is 302 g/mol. The normalized spacial score (nSPS) is 13.3. The first kappa shape index (κ1) is 14.8. The summed E-state index contributed by atoms with van der Waals surface area (Å²) in [7, 11) is 0. The first-order valence-electron chi connectivity index (χ1n) is 5.86. The van der Waals surface area contributed by atoms with Gasteiger partial charge in [-0.15, -0.1) is 24.5 Å². The molecule has 0 fully saturated rings. The zero-order valence-electron chi connectivity index (χ0n) is 10.9. The lowest BCUT2D eigenvalue weighted by molar-refractivity contribution is -0.274. The van der Waals surface area contributed by atoms with Gasteiger partial charge >= 0.3 is 6.36 Å². The molecule has 0 saturated carbocycles. The third-order valence-corrected chi connectivity index (χ3v) is 3.98. The molecule has 0 aliphatic carbocycles. The summed E-state index contributed by atoms with van der Waals surface area (Å²) in [6.45, 7) is 3.59. The summed E-state index contributed by atoms with van der Waals surface area (Å²) in [5.74, 6) is -0.259. The van der Waals surface area contributed by atoms with Gasteiger partial charge in [0.2, 0.25) is 0 Å². The Hall–Kier alpha value is -1.60. The lowest BCUT2D eigenvalue weighted by atomic mass is 10.2. The summed E-state index contributed by atoms with van der Waals surface area (Å²) in [4.78, 5) is 5.13. The minimum absolute atomic E-state index is 0.211. The Balaban J connectivity index is 2.45. The van der Waals surface area contributed by atoms with E-state index in [1.807, 2.05) is 6.92 Å². The lowest BCUT2D eigenvalue weighted by Gasteiger charge is -2.11. The molecule has 0 spiro atoms. The van der Waals surface area contributed by atoms with Gasteiger partial charge in [0.1, 0.15) is 10.8 Å². The Morgan fingerprint density at radius 1 is 1.30 bits per heavy atom. The predicted molar refractivity (Wildman–Crippen MR) is 71.6 cm³/mol. The molecule has 1 heterocycles. The maximum absolute atomic E-state index is 12.4. The van der Waals surface area contributed by atoms with E-state index in [0.29, 0.717) is 10.6 Å². The van der Waals surface area contributed by atoms with Crippen molar-refractivity contribution in [3.63, 3.8) is 0 Å². The number of thiazole rings is 1. The van der Waals surface area contributed by atoms with Crippen molar-refractivity contribution in [1.82, 2.24) is 4.98 Å². The van der Waals surface area contributed by atoms with E-state index >= 15 is 0 Å². The van der Waals surface area contributed by atoms with Crippen LogP contribution >= 0.6 is 11.3 Å². The highest BCUT2D eigenvalue weighted by Gasteiger charge is 2.32. The Morgan fingerprint density at radius 3 is 2.50 bits per heavy atom. The van der Waals surface area contributed by atoms with Gasteiger partial charge in [-0.3, -0.25) is 0 Å². The summed E-state index contributed by atoms with van der Waals surface area (Å²) in [5, 5.41) is 0.467. The molecule has 7 heteroatoms. The second-order valence-electron chi connectivity index (χ2n) is 4.30. The quantitative estimate of drug-likeness (QED) is 0.931. The number of hydrogen-bond acceptors (Lipinski definition) is 4. The number of hydrogen-bond donors (Lipinski definition) is 1. The molecule has 1 aromatic heterocycles. The molecule has 2 aromatic rings. The Labute approximate surface area is 118 Å². The van der Waals surface area contributed by atoms with Gasteiger partial charge in [-0.05, 0) is 26.0 Å². The third kappa shape index (κ3) is 3.29. The van der Waals surface area contributed by atoms with E-state index < -0.39 is 6.36 Å². The zero-order valence-corrected chi connectivity index (χ0v) is 11.7. The molecule has 2 N–H and O–H groups in total. The number of aryl methyl sites for hydroxylation is 1. The standard InChI is InChI=1S/C13H13F3N2OS/c1-7(17)11-8(2)18-12(20-11)9-5-3-4-6-10(9)19-13(14,15)16/h3-7H,17H2,1-2H3. The van der Waals surface area contributed by atoms with E-state index in [1.54, 1.807) is 19.1 Å². The molecule has 0 radical (unpaired) electrons. The second kappa shape index (κ2) is 5.41. The molecule has 0 aliphatic rings. The van der Waals surface area contributed by atoms with Gasteiger partial charge in [0, 0.05) is 10.9 Å². The van der Waals surface area contributed by atoms with Crippen LogP contribution in [0.5, 0.6) is 5.75 Å². The maximum Gasteiger partial charge on any atom is 0.573 e. The Bertz CT molecular complexity index is 608. The van der Waals surface area contributed by atoms with Gasteiger partial charge in [-0.2, -0.15) is 0 Å². The highest BCUT2D eigenvalue weighted by molar-refractivity contribution is 7.15. The van der Waals surface area contributed by atoms with Crippen LogP contribution in [0.3, 0.4) is 0 Å². The number of alkyl halides is 3. The lowest BCUT2D eigenvalue weighted by Crippen LogP contribution is -2.17. The van der Waals surface area contributed by atoms with Crippen LogP contribution in [0.4, 0.5) is 13.2 Å². The van der Waals surface area contributed by atoms with Crippen LogP contribution in [0.1, 0.15) is 23.5 Å².